The highest BCUT2D eigenvalue weighted by molar-refractivity contribution is 5.94. The number of carbonyl (C=O) groups excluding carboxylic acids is 2. The average molecular weight is 739 g/mol. The molecule has 0 spiro atoms. The highest BCUT2D eigenvalue weighted by Crippen LogP contribution is 2.31. The Balaban J connectivity index is 0.000000167. The number of amides is 2. The lowest BCUT2D eigenvalue weighted by atomic mass is 9.95. The normalized spacial score (nSPS) is 17.4. The van der Waals surface area contributed by atoms with Crippen LogP contribution in [-0.2, 0) is 35.3 Å². The van der Waals surface area contributed by atoms with Crippen molar-refractivity contribution in [3.63, 3.8) is 0 Å². The molecule has 8 rings (SSSR count). The minimum absolute atomic E-state index is 0.0896. The van der Waals surface area contributed by atoms with Crippen LogP contribution in [0.25, 0.3) is 0 Å². The third-order valence-corrected chi connectivity index (χ3v) is 11.0. The molecule has 288 valence electrons. The molecule has 0 saturated heterocycles. The van der Waals surface area contributed by atoms with Gasteiger partial charge in [0.15, 0.2) is 11.6 Å². The van der Waals surface area contributed by atoms with Gasteiger partial charge in [0.25, 0.3) is 0 Å². The van der Waals surface area contributed by atoms with Crippen molar-refractivity contribution in [2.24, 2.45) is 0 Å². The van der Waals surface area contributed by atoms with Crippen molar-refractivity contribution >= 4 is 23.2 Å². The van der Waals surface area contributed by atoms with Crippen molar-refractivity contribution in [3.05, 3.63) is 59.2 Å². The molecule has 4 heterocycles. The Hall–Kier alpha value is -4.88. The monoisotopic (exact) mass is 738 g/mol. The Labute approximate surface area is 317 Å². The molecule has 2 saturated carbocycles. The number of nitrogens with one attached hydrogen (secondary N) is 2. The van der Waals surface area contributed by atoms with Gasteiger partial charge in [-0.2, -0.15) is 0 Å². The lowest BCUT2D eigenvalue weighted by Crippen LogP contribution is -2.18. The van der Waals surface area contributed by atoms with Gasteiger partial charge in [-0.15, -0.1) is 10.2 Å². The molecule has 0 unspecified atom stereocenters. The van der Waals surface area contributed by atoms with E-state index in [0.29, 0.717) is 38.1 Å². The molecule has 54 heavy (non-hydrogen) atoms. The fourth-order valence-electron chi connectivity index (χ4n) is 8.02. The standard InChI is InChI=1S/2C20H27N5O2/c2*26-20-12-9-15-14-17(10-11-18(15)21-20)27-13-5-4-8-19-22-23-24-25(19)16-6-2-1-3-7-16/h2*10-11,14,16H,1-9,12-13H2,(H,21,26). The lowest BCUT2D eigenvalue weighted by molar-refractivity contribution is -0.117. The van der Waals surface area contributed by atoms with Crippen molar-refractivity contribution in [3.8, 4) is 11.5 Å². The van der Waals surface area contributed by atoms with Crippen molar-refractivity contribution in [1.29, 1.82) is 0 Å². The van der Waals surface area contributed by atoms with E-state index < -0.39 is 0 Å². The smallest absolute Gasteiger partial charge is 0.224 e. The zero-order valence-corrected chi connectivity index (χ0v) is 31.4. The van der Waals surface area contributed by atoms with Crippen LogP contribution in [0.3, 0.4) is 0 Å². The Bertz CT molecular complexity index is 1700. The summed E-state index contributed by atoms with van der Waals surface area (Å²) in [5.41, 5.74) is 4.12. The van der Waals surface area contributed by atoms with Gasteiger partial charge in [0.2, 0.25) is 11.8 Å². The second-order valence-corrected chi connectivity index (χ2v) is 15.0. The number of hydrogen-bond donors (Lipinski definition) is 2. The number of tetrazole rings is 2. The molecule has 2 aliphatic heterocycles. The molecule has 14 nitrogen and oxygen atoms in total. The molecule has 2 fully saturated rings. The summed E-state index contributed by atoms with van der Waals surface area (Å²) in [6.07, 6.45) is 20.9. The minimum atomic E-state index is 0.0896. The topological polar surface area (TPSA) is 164 Å². The molecule has 0 atom stereocenters. The number of aryl methyl sites for hydroxylation is 4. The van der Waals surface area contributed by atoms with E-state index >= 15 is 0 Å². The fourth-order valence-corrected chi connectivity index (χ4v) is 8.02. The maximum absolute atomic E-state index is 11.4. The number of fused-ring (bicyclic) bond motifs is 2. The molecule has 2 aromatic heterocycles. The predicted molar refractivity (Wildman–Crippen MR) is 204 cm³/mol. The van der Waals surface area contributed by atoms with E-state index in [1.165, 1.54) is 64.2 Å². The number of benzene rings is 2. The maximum Gasteiger partial charge on any atom is 0.224 e. The highest BCUT2D eigenvalue weighted by Gasteiger charge is 2.21. The number of unbranched alkanes of at least 4 members (excludes halogenated alkanes) is 2. The van der Waals surface area contributed by atoms with E-state index in [0.717, 1.165) is 97.0 Å². The first-order valence-electron chi connectivity index (χ1n) is 20.2. The van der Waals surface area contributed by atoms with E-state index in [1.807, 2.05) is 36.4 Å². The van der Waals surface area contributed by atoms with Crippen LogP contribution in [0.15, 0.2) is 36.4 Å². The number of aromatic nitrogens is 8. The number of nitrogens with zero attached hydrogens (tertiary/aromatic N) is 8. The maximum atomic E-state index is 11.4. The highest BCUT2D eigenvalue weighted by atomic mass is 16.5. The second-order valence-electron chi connectivity index (χ2n) is 15.0. The molecule has 2 N–H and O–H groups in total. The third-order valence-electron chi connectivity index (χ3n) is 11.0. The molecular weight excluding hydrogens is 685 g/mol. The molecule has 0 radical (unpaired) electrons. The van der Waals surface area contributed by atoms with Crippen LogP contribution in [0.2, 0.25) is 0 Å². The van der Waals surface area contributed by atoms with Crippen molar-refractivity contribution < 1.29 is 19.1 Å². The van der Waals surface area contributed by atoms with Crippen LogP contribution in [0.1, 0.15) is 138 Å². The second kappa shape index (κ2) is 18.9. The number of anilines is 2. The Morgan fingerprint density at radius 2 is 1.02 bits per heavy atom. The SMILES string of the molecule is O=C1CCc2cc(OCCCCc3nnnn3C3CCCCC3)ccc2N1.O=C1CCc2cc(OCCCCc3nnnn3C3CCCCC3)ccc2N1. The van der Waals surface area contributed by atoms with Crippen molar-refractivity contribution in [1.82, 2.24) is 40.4 Å². The zero-order chi connectivity index (χ0) is 37.0. The molecule has 2 amide bonds. The van der Waals surface area contributed by atoms with Crippen LogP contribution >= 0.6 is 0 Å². The van der Waals surface area contributed by atoms with Gasteiger partial charge in [-0.05, 0) is 133 Å². The van der Waals surface area contributed by atoms with Gasteiger partial charge in [-0.3, -0.25) is 9.59 Å². The Morgan fingerprint density at radius 1 is 0.574 bits per heavy atom. The molecule has 2 aromatic carbocycles. The summed E-state index contributed by atoms with van der Waals surface area (Å²) >= 11 is 0. The van der Waals surface area contributed by atoms with Crippen LogP contribution < -0.4 is 20.1 Å². The summed E-state index contributed by atoms with van der Waals surface area (Å²) in [6, 6.07) is 12.8. The summed E-state index contributed by atoms with van der Waals surface area (Å²) in [4.78, 5) is 22.8. The molecule has 4 aliphatic rings. The molecular formula is C40H54N10O4. The number of hydrogen-bond acceptors (Lipinski definition) is 10. The Morgan fingerprint density at radius 3 is 1.46 bits per heavy atom. The van der Waals surface area contributed by atoms with E-state index in [4.69, 9.17) is 9.47 Å². The van der Waals surface area contributed by atoms with E-state index in [-0.39, 0.29) is 11.8 Å². The minimum Gasteiger partial charge on any atom is -0.494 e. The summed E-state index contributed by atoms with van der Waals surface area (Å²) in [6.45, 7) is 1.35. The average Bonchev–Trinajstić information content (AvgIpc) is 3.89. The van der Waals surface area contributed by atoms with E-state index in [9.17, 15) is 9.59 Å². The first-order chi connectivity index (χ1) is 26.6. The van der Waals surface area contributed by atoms with Gasteiger partial charge >= 0.3 is 0 Å². The first-order valence-corrected chi connectivity index (χ1v) is 20.2. The van der Waals surface area contributed by atoms with Crippen LogP contribution in [0.5, 0.6) is 11.5 Å². The largest absolute Gasteiger partial charge is 0.494 e. The zero-order valence-electron chi connectivity index (χ0n) is 31.4. The number of rotatable bonds is 14. The van der Waals surface area contributed by atoms with E-state index in [1.54, 1.807) is 0 Å². The summed E-state index contributed by atoms with van der Waals surface area (Å²) in [7, 11) is 0. The first kappa shape index (κ1) is 37.4. The van der Waals surface area contributed by atoms with Crippen LogP contribution in [0.4, 0.5) is 11.4 Å². The Kier molecular flexibility index (Phi) is 13.1. The summed E-state index contributed by atoms with van der Waals surface area (Å²) in [5.74, 6) is 3.94. The van der Waals surface area contributed by atoms with E-state index in [2.05, 4.69) is 51.0 Å². The van der Waals surface area contributed by atoms with Gasteiger partial charge in [0.05, 0.1) is 25.3 Å². The quantitative estimate of drug-likeness (QED) is 0.130. The summed E-state index contributed by atoms with van der Waals surface area (Å²) in [5, 5.41) is 30.5. The van der Waals surface area contributed by atoms with Crippen molar-refractivity contribution in [2.75, 3.05) is 23.8 Å². The van der Waals surface area contributed by atoms with Gasteiger partial charge in [-0.1, -0.05) is 38.5 Å². The number of carbonyl (C=O) groups is 2. The van der Waals surface area contributed by atoms with Crippen LogP contribution in [0, 0.1) is 0 Å². The number of ether oxygens (including phenoxy) is 2. The summed E-state index contributed by atoms with van der Waals surface area (Å²) < 4.78 is 15.9. The third kappa shape index (κ3) is 10.2. The molecule has 4 aromatic rings. The lowest BCUT2D eigenvalue weighted by Gasteiger charge is -2.22. The molecule has 14 heteroatoms. The van der Waals surface area contributed by atoms with Crippen LogP contribution in [-0.4, -0.2) is 65.4 Å². The van der Waals surface area contributed by atoms with Gasteiger partial charge in [-0.25, -0.2) is 9.36 Å². The van der Waals surface area contributed by atoms with Crippen molar-refractivity contribution in [2.45, 2.75) is 141 Å². The van der Waals surface area contributed by atoms with Gasteiger partial charge in [0.1, 0.15) is 11.5 Å². The van der Waals surface area contributed by atoms with Gasteiger partial charge in [0, 0.05) is 37.1 Å². The molecule has 2 aliphatic carbocycles. The molecule has 0 bridgehead atoms. The fraction of sp³-hybridized carbons (Fsp3) is 0.600. The van der Waals surface area contributed by atoms with Gasteiger partial charge < -0.3 is 20.1 Å². The predicted octanol–water partition coefficient (Wildman–Crippen LogP) is 6.93.